The van der Waals surface area contributed by atoms with Gasteiger partial charge < -0.3 is 10.0 Å². The van der Waals surface area contributed by atoms with Gasteiger partial charge in [-0.25, -0.2) is 4.68 Å². The molecule has 0 atom stereocenters. The predicted octanol–water partition coefficient (Wildman–Crippen LogP) is 2.19. The maximum Gasteiger partial charge on any atom is 0.317 e. The highest BCUT2D eigenvalue weighted by atomic mass is 16.4. The monoisotopic (exact) mass is 370 g/mol. The number of aliphatic carboxylic acids is 1. The molecular formula is C20H26N4O3. The van der Waals surface area contributed by atoms with Gasteiger partial charge in [0.1, 0.15) is 0 Å². The van der Waals surface area contributed by atoms with Crippen LogP contribution in [0.3, 0.4) is 0 Å². The number of likely N-dealkylation sites (tertiary alicyclic amines) is 1. The number of carbonyl (C=O) groups excluding carboxylic acids is 1. The average molecular weight is 370 g/mol. The quantitative estimate of drug-likeness (QED) is 0.843. The third-order valence-electron chi connectivity index (χ3n) is 5.25. The molecule has 144 valence electrons. The van der Waals surface area contributed by atoms with E-state index in [-0.39, 0.29) is 18.5 Å². The molecule has 3 rings (SSSR count). The van der Waals surface area contributed by atoms with E-state index in [0.717, 1.165) is 24.2 Å². The van der Waals surface area contributed by atoms with Crippen molar-refractivity contribution < 1.29 is 14.7 Å². The van der Waals surface area contributed by atoms with Crippen LogP contribution in [0.25, 0.3) is 5.69 Å². The summed E-state index contributed by atoms with van der Waals surface area (Å²) >= 11 is 0. The molecule has 0 bridgehead atoms. The Morgan fingerprint density at radius 2 is 1.89 bits per heavy atom. The van der Waals surface area contributed by atoms with E-state index in [4.69, 9.17) is 5.11 Å². The molecule has 1 saturated heterocycles. The van der Waals surface area contributed by atoms with Crippen molar-refractivity contribution in [3.63, 3.8) is 0 Å². The molecule has 1 aliphatic rings. The molecule has 1 N–H and O–H groups in total. The van der Waals surface area contributed by atoms with Crippen molar-refractivity contribution >= 4 is 11.9 Å². The first kappa shape index (κ1) is 19.1. The van der Waals surface area contributed by atoms with E-state index in [9.17, 15) is 9.59 Å². The number of hydrogen-bond acceptors (Lipinski definition) is 4. The molecule has 2 aromatic rings. The molecule has 1 aromatic carbocycles. The molecule has 7 heteroatoms. The van der Waals surface area contributed by atoms with Crippen LogP contribution >= 0.6 is 0 Å². The molecule has 0 aliphatic carbocycles. The highest BCUT2D eigenvalue weighted by molar-refractivity contribution is 5.95. The Bertz CT molecular complexity index is 795. The lowest BCUT2D eigenvalue weighted by molar-refractivity contribution is -0.139. The van der Waals surface area contributed by atoms with Crippen LogP contribution < -0.4 is 0 Å². The zero-order chi connectivity index (χ0) is 19.4. The van der Waals surface area contributed by atoms with Crippen LogP contribution in [0.5, 0.6) is 0 Å². The van der Waals surface area contributed by atoms with Crippen molar-refractivity contribution in [1.29, 1.82) is 0 Å². The topological polar surface area (TPSA) is 78.7 Å². The van der Waals surface area contributed by atoms with E-state index in [1.165, 1.54) is 0 Å². The van der Waals surface area contributed by atoms with Crippen molar-refractivity contribution in [3.8, 4) is 5.69 Å². The lowest BCUT2D eigenvalue weighted by Crippen LogP contribution is -2.48. The largest absolute Gasteiger partial charge is 0.480 e. The van der Waals surface area contributed by atoms with Crippen LogP contribution in [0.15, 0.2) is 36.5 Å². The molecule has 2 heterocycles. The average Bonchev–Trinajstić information content (AvgIpc) is 3.07. The molecule has 0 spiro atoms. The summed E-state index contributed by atoms with van der Waals surface area (Å²) < 4.78 is 1.78. The number of amides is 1. The first-order valence-corrected chi connectivity index (χ1v) is 9.36. The van der Waals surface area contributed by atoms with Crippen molar-refractivity contribution in [2.45, 2.75) is 32.7 Å². The number of nitrogens with zero attached hydrogens (tertiary/aromatic N) is 4. The van der Waals surface area contributed by atoms with Crippen LogP contribution in [-0.4, -0.2) is 68.8 Å². The second-order valence-electron chi connectivity index (χ2n) is 6.87. The summed E-state index contributed by atoms with van der Waals surface area (Å²) in [6.07, 6.45) is 3.22. The fourth-order valence-corrected chi connectivity index (χ4v) is 3.73. The van der Waals surface area contributed by atoms with E-state index in [1.54, 1.807) is 10.9 Å². The first-order chi connectivity index (χ1) is 13.0. The summed E-state index contributed by atoms with van der Waals surface area (Å²) in [6.45, 7) is 5.91. The molecule has 1 aliphatic heterocycles. The maximum atomic E-state index is 13.0. The van der Waals surface area contributed by atoms with Gasteiger partial charge in [0.25, 0.3) is 5.91 Å². The number of likely N-dealkylation sites (N-methyl/N-ethyl adjacent to an activating group) is 1. The fourth-order valence-electron chi connectivity index (χ4n) is 3.73. The number of carboxylic acids is 1. The Hall–Kier alpha value is -2.67. The number of para-hydroxylation sites is 1. The van der Waals surface area contributed by atoms with Gasteiger partial charge in [-0.05, 0) is 38.4 Å². The van der Waals surface area contributed by atoms with Gasteiger partial charge >= 0.3 is 5.97 Å². The van der Waals surface area contributed by atoms with Crippen molar-refractivity contribution in [3.05, 3.63) is 47.8 Å². The highest BCUT2D eigenvalue weighted by Crippen LogP contribution is 2.21. The zero-order valence-corrected chi connectivity index (χ0v) is 15.8. The Balaban J connectivity index is 1.66. The summed E-state index contributed by atoms with van der Waals surface area (Å²) in [5.74, 6) is -0.811. The second kappa shape index (κ2) is 8.35. The Labute approximate surface area is 159 Å². The molecule has 27 heavy (non-hydrogen) atoms. The van der Waals surface area contributed by atoms with Crippen LogP contribution in [0.2, 0.25) is 0 Å². The molecule has 0 saturated carbocycles. The van der Waals surface area contributed by atoms with Gasteiger partial charge in [0.15, 0.2) is 0 Å². The second-order valence-corrected chi connectivity index (χ2v) is 6.87. The predicted molar refractivity (Wildman–Crippen MR) is 102 cm³/mol. The normalized spacial score (nSPS) is 15.3. The maximum absolute atomic E-state index is 13.0. The van der Waals surface area contributed by atoms with Crippen LogP contribution in [0.4, 0.5) is 0 Å². The number of aromatic nitrogens is 2. The van der Waals surface area contributed by atoms with Crippen LogP contribution in [0.1, 0.15) is 35.8 Å². The van der Waals surface area contributed by atoms with E-state index < -0.39 is 5.97 Å². The Kier molecular flexibility index (Phi) is 5.91. The SMILES string of the molecule is CCN(CC(=O)O)C1CCN(C(=O)c2cnn(-c3ccccc3)c2C)CC1. The molecule has 1 amide bonds. The van der Waals surface area contributed by atoms with E-state index in [0.29, 0.717) is 25.2 Å². The summed E-state index contributed by atoms with van der Waals surface area (Å²) in [7, 11) is 0. The summed E-state index contributed by atoms with van der Waals surface area (Å²) in [5.41, 5.74) is 2.38. The smallest absolute Gasteiger partial charge is 0.317 e. The fraction of sp³-hybridized carbons (Fsp3) is 0.450. The number of benzene rings is 1. The number of hydrogen-bond donors (Lipinski definition) is 1. The number of piperidine rings is 1. The number of carbonyl (C=O) groups is 2. The van der Waals surface area contributed by atoms with Gasteiger partial charge in [0.2, 0.25) is 0 Å². The van der Waals surface area contributed by atoms with E-state index >= 15 is 0 Å². The molecule has 0 radical (unpaired) electrons. The van der Waals surface area contributed by atoms with Gasteiger partial charge in [-0.15, -0.1) is 0 Å². The summed E-state index contributed by atoms with van der Waals surface area (Å²) in [6, 6.07) is 9.97. The minimum atomic E-state index is -0.806. The van der Waals surface area contributed by atoms with Gasteiger partial charge in [0, 0.05) is 19.1 Å². The molecule has 0 unspecified atom stereocenters. The lowest BCUT2D eigenvalue weighted by Gasteiger charge is -2.37. The number of rotatable bonds is 6. The minimum Gasteiger partial charge on any atom is -0.480 e. The molecule has 1 aromatic heterocycles. The minimum absolute atomic E-state index is 0.00517. The van der Waals surface area contributed by atoms with Gasteiger partial charge in [-0.2, -0.15) is 5.10 Å². The third kappa shape index (κ3) is 4.19. The van der Waals surface area contributed by atoms with Crippen LogP contribution in [-0.2, 0) is 4.79 Å². The third-order valence-corrected chi connectivity index (χ3v) is 5.25. The Morgan fingerprint density at radius 1 is 1.22 bits per heavy atom. The van der Waals surface area contributed by atoms with Crippen molar-refractivity contribution in [2.75, 3.05) is 26.2 Å². The highest BCUT2D eigenvalue weighted by Gasteiger charge is 2.29. The standard InChI is InChI=1S/C20H26N4O3/c1-3-22(14-19(25)26)16-9-11-23(12-10-16)20(27)18-13-21-24(15(18)2)17-7-5-4-6-8-17/h4-8,13,16H,3,9-12,14H2,1-2H3,(H,25,26). The van der Waals surface area contributed by atoms with Crippen LogP contribution in [0, 0.1) is 6.92 Å². The summed E-state index contributed by atoms with van der Waals surface area (Å²) in [5, 5.41) is 13.4. The zero-order valence-electron chi connectivity index (χ0n) is 15.8. The van der Waals surface area contributed by atoms with Crippen molar-refractivity contribution in [1.82, 2.24) is 19.6 Å². The molecule has 7 nitrogen and oxygen atoms in total. The number of carboxylic acid groups (broad SMARTS) is 1. The Morgan fingerprint density at radius 3 is 2.48 bits per heavy atom. The summed E-state index contributed by atoms with van der Waals surface area (Å²) in [4.78, 5) is 27.8. The van der Waals surface area contributed by atoms with E-state index in [2.05, 4.69) is 5.10 Å². The lowest BCUT2D eigenvalue weighted by atomic mass is 10.0. The van der Waals surface area contributed by atoms with Gasteiger partial charge in [-0.1, -0.05) is 25.1 Å². The van der Waals surface area contributed by atoms with Crippen molar-refractivity contribution in [2.24, 2.45) is 0 Å². The molecular weight excluding hydrogens is 344 g/mol. The molecule has 1 fully saturated rings. The van der Waals surface area contributed by atoms with Gasteiger partial charge in [-0.3, -0.25) is 14.5 Å². The first-order valence-electron chi connectivity index (χ1n) is 9.36. The van der Waals surface area contributed by atoms with E-state index in [1.807, 2.05) is 54.0 Å². The van der Waals surface area contributed by atoms with Gasteiger partial charge in [0.05, 0.1) is 29.7 Å².